The summed E-state index contributed by atoms with van der Waals surface area (Å²) in [5.74, 6) is 0. The van der Waals surface area contributed by atoms with E-state index in [1.54, 1.807) is 6.07 Å². The smallest absolute Gasteiger partial charge is 0.379 e. The van der Waals surface area contributed by atoms with Crippen molar-refractivity contribution in [3.8, 4) is 0 Å². The van der Waals surface area contributed by atoms with E-state index in [4.69, 9.17) is 4.74 Å². The zero-order valence-electron chi connectivity index (χ0n) is 9.63. The molecule has 0 aliphatic carbocycles. The molecule has 0 bridgehead atoms. The van der Waals surface area contributed by atoms with Gasteiger partial charge in [-0.25, -0.2) is 0 Å². The Hall–Kier alpha value is -0.340. The van der Waals surface area contributed by atoms with Gasteiger partial charge in [0.1, 0.15) is 0 Å². The van der Waals surface area contributed by atoms with Crippen LogP contribution in [0.1, 0.15) is 11.1 Å². The summed E-state index contributed by atoms with van der Waals surface area (Å²) in [6, 6.07) is 4.20. The van der Waals surface area contributed by atoms with Crippen molar-refractivity contribution in [2.24, 2.45) is 0 Å². The van der Waals surface area contributed by atoms with Crippen LogP contribution in [0, 0.1) is 3.57 Å². The summed E-state index contributed by atoms with van der Waals surface area (Å²) in [5, 5.41) is 0. The van der Waals surface area contributed by atoms with Gasteiger partial charge >= 0.3 is 6.18 Å². The summed E-state index contributed by atoms with van der Waals surface area (Å²) in [6.07, 6.45) is -4.28. The molecule has 100 valence electrons. The Kier molecular flexibility index (Phi) is 4.50. The van der Waals surface area contributed by atoms with Crippen molar-refractivity contribution in [3.05, 3.63) is 32.9 Å². The molecule has 18 heavy (non-hydrogen) atoms. The number of morpholine rings is 1. The van der Waals surface area contributed by atoms with Crippen molar-refractivity contribution in [2.45, 2.75) is 12.7 Å². The minimum Gasteiger partial charge on any atom is -0.379 e. The summed E-state index contributed by atoms with van der Waals surface area (Å²) in [4.78, 5) is 2.11. The maximum absolute atomic E-state index is 12.7. The van der Waals surface area contributed by atoms with Gasteiger partial charge in [0.05, 0.1) is 18.8 Å². The number of rotatable bonds is 2. The summed E-state index contributed by atoms with van der Waals surface area (Å²) in [5.41, 5.74) is 0.133. The number of halogens is 4. The zero-order chi connectivity index (χ0) is 13.2. The maximum Gasteiger partial charge on any atom is 0.416 e. The number of hydrogen-bond donors (Lipinski definition) is 0. The van der Waals surface area contributed by atoms with Crippen molar-refractivity contribution in [2.75, 3.05) is 26.3 Å². The van der Waals surface area contributed by atoms with Crippen LogP contribution in [-0.2, 0) is 17.5 Å². The Labute approximate surface area is 117 Å². The number of hydrogen-bond acceptors (Lipinski definition) is 2. The van der Waals surface area contributed by atoms with E-state index in [1.165, 1.54) is 12.1 Å². The maximum atomic E-state index is 12.7. The van der Waals surface area contributed by atoms with E-state index >= 15 is 0 Å². The highest BCUT2D eigenvalue weighted by atomic mass is 127. The first kappa shape index (κ1) is 14.1. The molecule has 0 saturated carbocycles. The Balaban J connectivity index is 2.14. The van der Waals surface area contributed by atoms with E-state index in [1.807, 2.05) is 22.6 Å². The first-order valence-electron chi connectivity index (χ1n) is 5.62. The largest absolute Gasteiger partial charge is 0.416 e. The van der Waals surface area contributed by atoms with Gasteiger partial charge in [-0.15, -0.1) is 0 Å². The Bertz CT molecular complexity index is 416. The molecule has 0 amide bonds. The first-order valence-corrected chi connectivity index (χ1v) is 6.70. The number of alkyl halides is 3. The molecular weight excluding hydrogens is 358 g/mol. The molecule has 0 aromatic heterocycles. The molecule has 2 rings (SSSR count). The first-order chi connectivity index (χ1) is 8.45. The average Bonchev–Trinajstić information content (AvgIpc) is 2.28. The van der Waals surface area contributed by atoms with Gasteiger partial charge < -0.3 is 4.74 Å². The standard InChI is InChI=1S/C12H13F3INO/c13-12(14,15)10-5-9(6-11(16)7-10)8-17-1-3-18-4-2-17/h5-7H,1-4,8H2. The number of ether oxygens (including phenoxy) is 1. The molecule has 0 unspecified atom stereocenters. The number of nitrogens with zero attached hydrogens (tertiary/aromatic N) is 1. The molecule has 6 heteroatoms. The van der Waals surface area contributed by atoms with Gasteiger partial charge in [0, 0.05) is 23.2 Å². The molecule has 0 radical (unpaired) electrons. The lowest BCUT2D eigenvalue weighted by Crippen LogP contribution is -2.35. The molecule has 1 aliphatic heterocycles. The molecule has 0 N–H and O–H groups in total. The second-order valence-corrected chi connectivity index (χ2v) is 5.48. The molecule has 0 spiro atoms. The van der Waals surface area contributed by atoms with E-state index < -0.39 is 11.7 Å². The lowest BCUT2D eigenvalue weighted by Gasteiger charge is -2.26. The van der Waals surface area contributed by atoms with Gasteiger partial charge in [-0.2, -0.15) is 13.2 Å². The van der Waals surface area contributed by atoms with Crippen LogP contribution in [0.25, 0.3) is 0 Å². The molecule has 2 nitrogen and oxygen atoms in total. The number of benzene rings is 1. The van der Waals surface area contributed by atoms with Crippen molar-refractivity contribution >= 4 is 22.6 Å². The fourth-order valence-corrected chi connectivity index (χ4v) is 2.66. The van der Waals surface area contributed by atoms with Crippen LogP contribution >= 0.6 is 22.6 Å². The van der Waals surface area contributed by atoms with E-state index in [0.717, 1.165) is 13.1 Å². The molecule has 0 atom stereocenters. The minimum absolute atomic E-state index is 0.545. The lowest BCUT2D eigenvalue weighted by atomic mass is 10.1. The third-order valence-electron chi connectivity index (χ3n) is 2.79. The van der Waals surface area contributed by atoms with E-state index in [-0.39, 0.29) is 0 Å². The quantitative estimate of drug-likeness (QED) is 0.741. The van der Waals surface area contributed by atoms with Crippen molar-refractivity contribution in [3.63, 3.8) is 0 Å². The predicted octanol–water partition coefficient (Wildman–Crippen LogP) is 3.14. The monoisotopic (exact) mass is 371 g/mol. The lowest BCUT2D eigenvalue weighted by molar-refractivity contribution is -0.137. The highest BCUT2D eigenvalue weighted by Crippen LogP contribution is 2.31. The van der Waals surface area contributed by atoms with Crippen molar-refractivity contribution in [1.82, 2.24) is 4.90 Å². The third kappa shape index (κ3) is 3.83. The van der Waals surface area contributed by atoms with E-state index in [2.05, 4.69) is 4.90 Å². The van der Waals surface area contributed by atoms with Crippen LogP contribution in [0.15, 0.2) is 18.2 Å². The molecule has 1 aromatic rings. The zero-order valence-corrected chi connectivity index (χ0v) is 11.8. The second kappa shape index (κ2) is 5.75. The molecule has 1 saturated heterocycles. The SMILES string of the molecule is FC(F)(F)c1cc(I)cc(CN2CCOCC2)c1. The predicted molar refractivity (Wildman–Crippen MR) is 70.3 cm³/mol. The summed E-state index contributed by atoms with van der Waals surface area (Å²) in [7, 11) is 0. The highest BCUT2D eigenvalue weighted by Gasteiger charge is 2.31. The van der Waals surface area contributed by atoms with Crippen molar-refractivity contribution < 1.29 is 17.9 Å². The van der Waals surface area contributed by atoms with Crippen molar-refractivity contribution in [1.29, 1.82) is 0 Å². The van der Waals surface area contributed by atoms with Gasteiger partial charge in [0.2, 0.25) is 0 Å². The highest BCUT2D eigenvalue weighted by molar-refractivity contribution is 14.1. The van der Waals surface area contributed by atoms with Crippen LogP contribution in [0.2, 0.25) is 0 Å². The van der Waals surface area contributed by atoms with E-state index in [9.17, 15) is 13.2 Å². The minimum atomic E-state index is -4.28. The summed E-state index contributed by atoms with van der Waals surface area (Å²) >= 11 is 1.92. The third-order valence-corrected chi connectivity index (χ3v) is 3.42. The fraction of sp³-hybridized carbons (Fsp3) is 0.500. The Morgan fingerprint density at radius 3 is 2.44 bits per heavy atom. The molecular formula is C12H13F3INO. The molecule has 1 aliphatic rings. The van der Waals surface area contributed by atoms with Crippen LogP contribution in [0.4, 0.5) is 13.2 Å². The molecule has 1 aromatic carbocycles. The van der Waals surface area contributed by atoms with Crippen LogP contribution < -0.4 is 0 Å². The molecule has 1 fully saturated rings. The Morgan fingerprint density at radius 1 is 1.17 bits per heavy atom. The van der Waals surface area contributed by atoms with Crippen LogP contribution in [-0.4, -0.2) is 31.2 Å². The van der Waals surface area contributed by atoms with Crippen LogP contribution in [0.3, 0.4) is 0 Å². The summed E-state index contributed by atoms with van der Waals surface area (Å²) in [6.45, 7) is 3.38. The normalized spacial score (nSPS) is 18.0. The second-order valence-electron chi connectivity index (χ2n) is 4.23. The topological polar surface area (TPSA) is 12.5 Å². The van der Waals surface area contributed by atoms with Gasteiger partial charge in [-0.05, 0) is 46.4 Å². The van der Waals surface area contributed by atoms with Gasteiger partial charge in [0.25, 0.3) is 0 Å². The molecule has 1 heterocycles. The van der Waals surface area contributed by atoms with E-state index in [0.29, 0.717) is 28.9 Å². The van der Waals surface area contributed by atoms with Gasteiger partial charge in [-0.3, -0.25) is 4.90 Å². The van der Waals surface area contributed by atoms with Crippen LogP contribution in [0.5, 0.6) is 0 Å². The van der Waals surface area contributed by atoms with Gasteiger partial charge in [-0.1, -0.05) is 0 Å². The Morgan fingerprint density at radius 2 is 1.83 bits per heavy atom. The average molecular weight is 371 g/mol. The van der Waals surface area contributed by atoms with Gasteiger partial charge in [0.15, 0.2) is 0 Å². The summed E-state index contributed by atoms with van der Waals surface area (Å²) < 4.78 is 43.9. The fourth-order valence-electron chi connectivity index (χ4n) is 1.92.